The van der Waals surface area contributed by atoms with Crippen molar-refractivity contribution in [3.05, 3.63) is 24.3 Å². The molecule has 1 aliphatic heterocycles. The average molecular weight is 762 g/mol. The first kappa shape index (κ1) is 50.8. The molecule has 1 fully saturated rings. The summed E-state index contributed by atoms with van der Waals surface area (Å²) in [6, 6.07) is 0. The first-order valence-corrected chi connectivity index (χ1v) is 23.4. The highest BCUT2D eigenvalue weighted by Crippen LogP contribution is 2.14. The van der Waals surface area contributed by atoms with Gasteiger partial charge in [0.05, 0.1) is 13.2 Å². The Kier molecular flexibility index (Phi) is 37.6. The van der Waals surface area contributed by atoms with Crippen molar-refractivity contribution in [3.63, 3.8) is 0 Å². The minimum atomic E-state index is -0.777. The zero-order chi connectivity index (χ0) is 39.0. The molecule has 1 heterocycles. The summed E-state index contributed by atoms with van der Waals surface area (Å²) in [4.78, 5) is 17.4. The summed E-state index contributed by atoms with van der Waals surface area (Å²) < 4.78 is 18.5. The molecule has 0 aromatic heterocycles. The van der Waals surface area contributed by atoms with Crippen LogP contribution in [0.15, 0.2) is 24.3 Å². The van der Waals surface area contributed by atoms with E-state index in [1.165, 1.54) is 161 Å². The maximum atomic E-state index is 12.6. The van der Waals surface area contributed by atoms with Crippen LogP contribution in [-0.4, -0.2) is 94.1 Å². The van der Waals surface area contributed by atoms with E-state index in [0.717, 1.165) is 52.0 Å². The van der Waals surface area contributed by atoms with Gasteiger partial charge in [-0.2, -0.15) is 0 Å². The average Bonchev–Trinajstić information content (AvgIpc) is 3.17. The predicted octanol–water partition coefficient (Wildman–Crippen LogP) is 11.6. The van der Waals surface area contributed by atoms with E-state index in [1.54, 1.807) is 0 Å². The zero-order valence-corrected chi connectivity index (χ0v) is 36.2. The van der Waals surface area contributed by atoms with Crippen molar-refractivity contribution in [1.29, 1.82) is 0 Å². The van der Waals surface area contributed by atoms with Crippen LogP contribution in [0.3, 0.4) is 0 Å². The summed E-state index contributed by atoms with van der Waals surface area (Å²) in [6.07, 6.45) is 44.1. The van der Waals surface area contributed by atoms with Gasteiger partial charge >= 0.3 is 0 Å². The minimum absolute atomic E-state index is 0.342. The summed E-state index contributed by atoms with van der Waals surface area (Å²) in [7, 11) is 2.17. The van der Waals surface area contributed by atoms with Gasteiger partial charge in [-0.05, 0) is 71.3 Å². The van der Waals surface area contributed by atoms with E-state index in [-0.39, 0.29) is 0 Å². The maximum absolute atomic E-state index is 12.6. The van der Waals surface area contributed by atoms with Crippen LogP contribution in [0.1, 0.15) is 194 Å². The minimum Gasteiger partial charge on any atom is -0.379 e. The van der Waals surface area contributed by atoms with Crippen molar-refractivity contribution < 1.29 is 19.0 Å². The van der Waals surface area contributed by atoms with Gasteiger partial charge in [-0.3, -0.25) is 9.69 Å². The monoisotopic (exact) mass is 762 g/mol. The van der Waals surface area contributed by atoms with E-state index in [0.29, 0.717) is 26.4 Å². The Morgan fingerprint density at radius 2 is 0.944 bits per heavy atom. The number of rotatable bonds is 41. The van der Waals surface area contributed by atoms with Gasteiger partial charge in [-0.25, -0.2) is 0 Å². The Balaban J connectivity index is 2.23. The zero-order valence-electron chi connectivity index (χ0n) is 36.2. The summed E-state index contributed by atoms with van der Waals surface area (Å²) in [5.41, 5.74) is 5.88. The normalized spacial score (nSPS) is 15.5. The number of unbranched alkanes of at least 4 members (excludes halogenated alkanes) is 24. The molecular weight excluding hydrogens is 671 g/mol. The molecule has 0 aromatic rings. The van der Waals surface area contributed by atoms with Crippen LogP contribution in [-0.2, 0) is 19.0 Å². The lowest BCUT2D eigenvalue weighted by molar-refractivity contribution is -0.148. The highest BCUT2D eigenvalue weighted by atomic mass is 16.6. The Labute approximate surface area is 336 Å². The molecule has 0 bridgehead atoms. The number of hydrogen-bond acceptors (Lipinski definition) is 6. The third kappa shape index (κ3) is 32.9. The summed E-state index contributed by atoms with van der Waals surface area (Å²) >= 11 is 0. The second kappa shape index (κ2) is 40.0. The Hall–Kier alpha value is -1.25. The number of amides is 1. The Morgan fingerprint density at radius 3 is 1.39 bits per heavy atom. The molecule has 2 atom stereocenters. The number of ether oxygens (including phenoxy) is 3. The lowest BCUT2D eigenvalue weighted by Gasteiger charge is -2.33. The molecule has 7 heteroatoms. The maximum Gasteiger partial charge on any atom is 0.249 e. The van der Waals surface area contributed by atoms with Crippen molar-refractivity contribution in [3.8, 4) is 0 Å². The van der Waals surface area contributed by atoms with Crippen LogP contribution in [0.25, 0.3) is 0 Å². The van der Waals surface area contributed by atoms with Crippen LogP contribution in [0, 0.1) is 0 Å². The van der Waals surface area contributed by atoms with E-state index in [9.17, 15) is 4.79 Å². The van der Waals surface area contributed by atoms with Gasteiger partial charge in [0.2, 0.25) is 5.91 Å². The Morgan fingerprint density at radius 1 is 0.537 bits per heavy atom. The summed E-state index contributed by atoms with van der Waals surface area (Å²) in [5.74, 6) is -0.454. The number of likely N-dealkylation sites (N-methyl/N-ethyl adjacent to an activating group) is 1. The van der Waals surface area contributed by atoms with E-state index in [2.05, 4.69) is 55.0 Å². The summed E-state index contributed by atoms with van der Waals surface area (Å²) in [6.45, 7) is 11.7. The fraction of sp³-hybridized carbons (Fsp3) is 0.894. The topological polar surface area (TPSA) is 77.3 Å². The molecule has 0 spiro atoms. The smallest absolute Gasteiger partial charge is 0.249 e. The highest BCUT2D eigenvalue weighted by molar-refractivity contribution is 5.79. The highest BCUT2D eigenvalue weighted by Gasteiger charge is 2.29. The van der Waals surface area contributed by atoms with Crippen LogP contribution < -0.4 is 5.73 Å². The van der Waals surface area contributed by atoms with E-state index in [1.807, 2.05) is 0 Å². The van der Waals surface area contributed by atoms with Crippen LogP contribution in [0.2, 0.25) is 0 Å². The lowest BCUT2D eigenvalue weighted by Crippen LogP contribution is -2.48. The first-order chi connectivity index (χ1) is 26.6. The number of carbonyl (C=O) groups is 1. The summed E-state index contributed by atoms with van der Waals surface area (Å²) in [5, 5.41) is 0. The van der Waals surface area contributed by atoms with E-state index < -0.39 is 18.1 Å². The fourth-order valence-corrected chi connectivity index (χ4v) is 7.21. The molecule has 1 saturated heterocycles. The van der Waals surface area contributed by atoms with E-state index in [4.69, 9.17) is 19.9 Å². The fourth-order valence-electron chi connectivity index (χ4n) is 7.21. The van der Waals surface area contributed by atoms with Crippen molar-refractivity contribution >= 4 is 5.91 Å². The molecule has 54 heavy (non-hydrogen) atoms. The van der Waals surface area contributed by atoms with Gasteiger partial charge in [0.25, 0.3) is 0 Å². The van der Waals surface area contributed by atoms with Crippen LogP contribution in [0.4, 0.5) is 0 Å². The first-order valence-electron chi connectivity index (χ1n) is 23.4. The van der Waals surface area contributed by atoms with Gasteiger partial charge in [0.15, 0.2) is 6.10 Å². The third-order valence-electron chi connectivity index (χ3n) is 11.0. The quantitative estimate of drug-likeness (QED) is 0.0494. The van der Waals surface area contributed by atoms with Crippen molar-refractivity contribution in [2.45, 2.75) is 206 Å². The number of primary amides is 1. The molecular formula is C47H91N3O4. The van der Waals surface area contributed by atoms with Gasteiger partial charge in [0, 0.05) is 45.9 Å². The van der Waals surface area contributed by atoms with E-state index >= 15 is 0 Å². The number of nitrogens with two attached hydrogens (primary N) is 1. The SMILES string of the molecule is CCCCCCCCC=CCCCCCCCCOCC(OCCN1CCN(C)CC1)C(OCCCCCCCCC=CCCCCCCCC)C(N)=O. The standard InChI is InChI=1S/C47H91N3O4/c1-4-6-8-10-12-14-16-18-20-22-24-26-28-30-32-34-41-52-44-45(53-43-40-50-38-36-49(3)37-39-50)46(47(48)51)54-42-35-33-31-29-27-25-23-21-19-17-15-13-11-9-7-5-2/h18-21,45-46H,4-17,22-44H2,1-3H3,(H2,48,51). The molecule has 7 nitrogen and oxygen atoms in total. The predicted molar refractivity (Wildman–Crippen MR) is 232 cm³/mol. The largest absolute Gasteiger partial charge is 0.379 e. The van der Waals surface area contributed by atoms with Gasteiger partial charge in [0.1, 0.15) is 6.10 Å². The van der Waals surface area contributed by atoms with Crippen LogP contribution in [0.5, 0.6) is 0 Å². The van der Waals surface area contributed by atoms with Gasteiger partial charge < -0.3 is 24.8 Å². The van der Waals surface area contributed by atoms with Crippen molar-refractivity contribution in [2.75, 3.05) is 66.2 Å². The number of hydrogen-bond donors (Lipinski definition) is 1. The Bertz CT molecular complexity index is 845. The van der Waals surface area contributed by atoms with Crippen LogP contribution >= 0.6 is 0 Å². The van der Waals surface area contributed by atoms with Crippen molar-refractivity contribution in [2.24, 2.45) is 5.73 Å². The molecule has 0 radical (unpaired) electrons. The second-order valence-electron chi connectivity index (χ2n) is 16.2. The molecule has 1 amide bonds. The molecule has 2 N–H and O–H groups in total. The molecule has 1 rings (SSSR count). The molecule has 0 aliphatic carbocycles. The molecule has 2 unspecified atom stereocenters. The molecule has 318 valence electrons. The van der Waals surface area contributed by atoms with Gasteiger partial charge in [-0.1, -0.05) is 154 Å². The second-order valence-corrected chi connectivity index (χ2v) is 16.2. The number of allylic oxidation sites excluding steroid dienone is 4. The third-order valence-corrected chi connectivity index (χ3v) is 11.0. The number of carbonyl (C=O) groups excluding carboxylic acids is 1. The number of piperazine rings is 1. The molecule has 0 saturated carbocycles. The van der Waals surface area contributed by atoms with Gasteiger partial charge in [-0.15, -0.1) is 0 Å². The molecule has 0 aromatic carbocycles. The van der Waals surface area contributed by atoms with Crippen molar-refractivity contribution in [1.82, 2.24) is 9.80 Å². The lowest BCUT2D eigenvalue weighted by atomic mass is 10.1. The molecule has 1 aliphatic rings. The number of nitrogens with zero attached hydrogens (tertiary/aromatic N) is 2.